The molecule has 0 saturated heterocycles. The summed E-state index contributed by atoms with van der Waals surface area (Å²) in [5.41, 5.74) is 1.12. The Bertz CT molecular complexity index is 352. The number of ether oxygens (including phenoxy) is 1. The van der Waals surface area contributed by atoms with E-state index in [9.17, 15) is 0 Å². The molecule has 0 aromatic carbocycles. The minimum absolute atomic E-state index is 0.597. The topological polar surface area (TPSA) is 34.1 Å². The number of nitrogens with zero attached hydrogens (tertiary/aromatic N) is 1. The van der Waals surface area contributed by atoms with E-state index in [1.807, 2.05) is 45.2 Å². The first kappa shape index (κ1) is 11.3. The molecule has 0 aliphatic rings. The third kappa shape index (κ3) is 3.85. The maximum Gasteiger partial charge on any atom is 0.219 e. The lowest BCUT2D eigenvalue weighted by molar-refractivity contribution is 0.423. The molecule has 0 aliphatic carbocycles. The molecule has 0 fully saturated rings. The van der Waals surface area contributed by atoms with Crippen LogP contribution in [0.3, 0.4) is 0 Å². The molecule has 0 aliphatic heterocycles. The molecule has 1 N–H and O–H groups in total. The SMILES string of the molecule is C/C=C\C(=C/NC)Oc1ccc(C)cn1. The van der Waals surface area contributed by atoms with Crippen molar-refractivity contribution < 1.29 is 4.74 Å². The van der Waals surface area contributed by atoms with Gasteiger partial charge < -0.3 is 10.1 Å². The monoisotopic (exact) mass is 204 g/mol. The van der Waals surface area contributed by atoms with Gasteiger partial charge in [0.15, 0.2) is 0 Å². The van der Waals surface area contributed by atoms with Crippen molar-refractivity contribution in [3.8, 4) is 5.88 Å². The first-order valence-electron chi connectivity index (χ1n) is 4.87. The molecule has 0 spiro atoms. The van der Waals surface area contributed by atoms with Crippen LogP contribution in [0, 0.1) is 6.92 Å². The van der Waals surface area contributed by atoms with Gasteiger partial charge in [-0.1, -0.05) is 12.1 Å². The van der Waals surface area contributed by atoms with Crippen LogP contribution in [-0.4, -0.2) is 12.0 Å². The maximum absolute atomic E-state index is 5.55. The lowest BCUT2D eigenvalue weighted by Gasteiger charge is -2.05. The number of pyridine rings is 1. The quantitative estimate of drug-likeness (QED) is 0.604. The molecule has 3 heteroatoms. The second kappa shape index (κ2) is 5.86. The van der Waals surface area contributed by atoms with Crippen LogP contribution in [0.25, 0.3) is 0 Å². The molecule has 1 heterocycles. The highest BCUT2D eigenvalue weighted by molar-refractivity contribution is 5.21. The second-order valence-corrected chi connectivity index (χ2v) is 3.11. The summed E-state index contributed by atoms with van der Waals surface area (Å²) in [4.78, 5) is 4.16. The molecule has 1 aromatic rings. The number of allylic oxidation sites excluding steroid dienone is 2. The Labute approximate surface area is 90.5 Å². The van der Waals surface area contributed by atoms with Crippen molar-refractivity contribution in [2.24, 2.45) is 0 Å². The molecule has 0 atom stereocenters. The van der Waals surface area contributed by atoms with Gasteiger partial charge in [-0.15, -0.1) is 0 Å². The largest absolute Gasteiger partial charge is 0.438 e. The van der Waals surface area contributed by atoms with E-state index in [-0.39, 0.29) is 0 Å². The average molecular weight is 204 g/mol. The van der Waals surface area contributed by atoms with Gasteiger partial charge in [-0.05, 0) is 25.5 Å². The van der Waals surface area contributed by atoms with Crippen LogP contribution in [0.2, 0.25) is 0 Å². The lowest BCUT2D eigenvalue weighted by atomic mass is 10.3. The van der Waals surface area contributed by atoms with Crippen LogP contribution in [0.4, 0.5) is 0 Å². The molecule has 3 nitrogen and oxygen atoms in total. The van der Waals surface area contributed by atoms with E-state index in [2.05, 4.69) is 10.3 Å². The molecular weight excluding hydrogens is 188 g/mol. The molecule has 0 amide bonds. The van der Waals surface area contributed by atoms with E-state index in [1.165, 1.54) is 0 Å². The lowest BCUT2D eigenvalue weighted by Crippen LogP contribution is -2.01. The summed E-state index contributed by atoms with van der Waals surface area (Å²) >= 11 is 0. The van der Waals surface area contributed by atoms with E-state index in [0.717, 1.165) is 11.3 Å². The van der Waals surface area contributed by atoms with Crippen molar-refractivity contribution in [3.05, 3.63) is 48.0 Å². The van der Waals surface area contributed by atoms with Crippen molar-refractivity contribution in [2.45, 2.75) is 13.8 Å². The van der Waals surface area contributed by atoms with Crippen LogP contribution in [0.5, 0.6) is 5.88 Å². The van der Waals surface area contributed by atoms with Gasteiger partial charge in [0.05, 0.1) is 0 Å². The number of aromatic nitrogens is 1. The van der Waals surface area contributed by atoms with Crippen molar-refractivity contribution in [1.82, 2.24) is 10.3 Å². The van der Waals surface area contributed by atoms with Crippen LogP contribution in [0.15, 0.2) is 42.4 Å². The zero-order chi connectivity index (χ0) is 11.1. The second-order valence-electron chi connectivity index (χ2n) is 3.11. The Morgan fingerprint density at radius 3 is 2.80 bits per heavy atom. The summed E-state index contributed by atoms with van der Waals surface area (Å²) in [7, 11) is 1.83. The van der Waals surface area contributed by atoms with E-state index < -0.39 is 0 Å². The predicted molar refractivity (Wildman–Crippen MR) is 61.6 cm³/mol. The molecular formula is C12H16N2O. The van der Waals surface area contributed by atoms with Gasteiger partial charge in [0.25, 0.3) is 0 Å². The number of rotatable bonds is 4. The molecule has 15 heavy (non-hydrogen) atoms. The van der Waals surface area contributed by atoms with Crippen molar-refractivity contribution >= 4 is 0 Å². The normalized spacial score (nSPS) is 11.8. The van der Waals surface area contributed by atoms with Gasteiger partial charge in [0, 0.05) is 25.5 Å². The summed E-state index contributed by atoms with van der Waals surface area (Å²) in [5, 5.41) is 2.92. The minimum atomic E-state index is 0.597. The summed E-state index contributed by atoms with van der Waals surface area (Å²) in [5.74, 6) is 1.33. The van der Waals surface area contributed by atoms with Gasteiger partial charge in [-0.2, -0.15) is 0 Å². The fraction of sp³-hybridized carbons (Fsp3) is 0.250. The fourth-order valence-corrected chi connectivity index (χ4v) is 1.05. The first-order valence-corrected chi connectivity index (χ1v) is 4.87. The Kier molecular flexibility index (Phi) is 4.41. The Morgan fingerprint density at radius 2 is 2.27 bits per heavy atom. The van der Waals surface area contributed by atoms with E-state index in [0.29, 0.717) is 5.88 Å². The molecule has 80 valence electrons. The van der Waals surface area contributed by atoms with E-state index in [4.69, 9.17) is 4.74 Å². The first-order chi connectivity index (χ1) is 7.26. The smallest absolute Gasteiger partial charge is 0.219 e. The van der Waals surface area contributed by atoms with Crippen molar-refractivity contribution in [1.29, 1.82) is 0 Å². The standard InChI is InChI=1S/C12H16N2O/c1-4-5-11(9-13-3)15-12-7-6-10(2)8-14-12/h4-9,13H,1-3H3/b5-4-,11-9+. The zero-order valence-corrected chi connectivity index (χ0v) is 9.32. The number of hydrogen-bond donors (Lipinski definition) is 1. The van der Waals surface area contributed by atoms with Crippen LogP contribution < -0.4 is 10.1 Å². The molecule has 0 bridgehead atoms. The predicted octanol–water partition coefficient (Wildman–Crippen LogP) is 2.41. The van der Waals surface area contributed by atoms with Gasteiger partial charge in [-0.25, -0.2) is 4.98 Å². The highest BCUT2D eigenvalue weighted by atomic mass is 16.5. The van der Waals surface area contributed by atoms with E-state index in [1.54, 1.807) is 12.4 Å². The summed E-state index contributed by atoms with van der Waals surface area (Å²) in [6.45, 7) is 3.93. The maximum atomic E-state index is 5.55. The van der Waals surface area contributed by atoms with Gasteiger partial charge in [-0.3, -0.25) is 0 Å². The van der Waals surface area contributed by atoms with Crippen LogP contribution >= 0.6 is 0 Å². The highest BCUT2D eigenvalue weighted by Gasteiger charge is 1.97. The summed E-state index contributed by atoms with van der Waals surface area (Å²) in [6.07, 6.45) is 7.35. The average Bonchev–Trinajstić information content (AvgIpc) is 2.22. The molecule has 1 aromatic heterocycles. The van der Waals surface area contributed by atoms with E-state index >= 15 is 0 Å². The van der Waals surface area contributed by atoms with Crippen molar-refractivity contribution in [2.75, 3.05) is 7.05 Å². The molecule has 0 saturated carbocycles. The number of nitrogens with one attached hydrogen (secondary N) is 1. The molecule has 0 radical (unpaired) electrons. The zero-order valence-electron chi connectivity index (χ0n) is 9.32. The Morgan fingerprint density at radius 1 is 1.47 bits per heavy atom. The summed E-state index contributed by atoms with van der Waals surface area (Å²) < 4.78 is 5.55. The van der Waals surface area contributed by atoms with Crippen LogP contribution in [0.1, 0.15) is 12.5 Å². The summed E-state index contributed by atoms with van der Waals surface area (Å²) in [6, 6.07) is 3.82. The third-order valence-electron chi connectivity index (χ3n) is 1.72. The van der Waals surface area contributed by atoms with Gasteiger partial charge >= 0.3 is 0 Å². The van der Waals surface area contributed by atoms with Crippen molar-refractivity contribution in [3.63, 3.8) is 0 Å². The fourth-order valence-electron chi connectivity index (χ4n) is 1.05. The molecule has 0 unspecified atom stereocenters. The third-order valence-corrected chi connectivity index (χ3v) is 1.72. The number of hydrogen-bond acceptors (Lipinski definition) is 3. The van der Waals surface area contributed by atoms with Gasteiger partial charge in [0.2, 0.25) is 5.88 Å². The molecule has 1 rings (SSSR count). The highest BCUT2D eigenvalue weighted by Crippen LogP contribution is 2.11. The Balaban J connectivity index is 2.74. The van der Waals surface area contributed by atoms with Gasteiger partial charge in [0.1, 0.15) is 5.76 Å². The minimum Gasteiger partial charge on any atom is -0.438 e. The van der Waals surface area contributed by atoms with Crippen LogP contribution in [-0.2, 0) is 0 Å². The Hall–Kier alpha value is -1.77. The number of aryl methyl sites for hydroxylation is 1.